The van der Waals surface area contributed by atoms with E-state index in [1.165, 1.54) is 18.5 Å². The summed E-state index contributed by atoms with van der Waals surface area (Å²) >= 11 is 0. The molecule has 0 radical (unpaired) electrons. The second kappa shape index (κ2) is 6.71. The molecule has 0 aliphatic carbocycles. The summed E-state index contributed by atoms with van der Waals surface area (Å²) < 4.78 is 42.7. The number of benzene rings is 1. The maximum atomic E-state index is 12.4. The van der Waals surface area contributed by atoms with Gasteiger partial charge in [0, 0.05) is 11.8 Å². The van der Waals surface area contributed by atoms with Crippen LogP contribution >= 0.6 is 0 Å². The Labute approximate surface area is 154 Å². The van der Waals surface area contributed by atoms with Crippen molar-refractivity contribution >= 4 is 11.6 Å². The number of nitrogens with zero attached hydrogens (tertiary/aromatic N) is 4. The van der Waals surface area contributed by atoms with Gasteiger partial charge in [-0.15, -0.1) is 13.2 Å². The van der Waals surface area contributed by atoms with E-state index in [9.17, 15) is 13.2 Å². The van der Waals surface area contributed by atoms with Crippen LogP contribution in [0.3, 0.4) is 0 Å². The highest BCUT2D eigenvalue weighted by Gasteiger charge is 2.32. The van der Waals surface area contributed by atoms with E-state index in [-0.39, 0.29) is 17.2 Å². The minimum atomic E-state index is -4.71. The SMILES string of the molecule is Cc1cc(N[C@@H](c2ccc(OC(F)(F)F)cc2)C(C)(C)C)n2ncnc2n1. The number of hydrogen-bond acceptors (Lipinski definition) is 5. The third kappa shape index (κ3) is 4.47. The molecule has 0 saturated carbocycles. The second-order valence-electron chi connectivity index (χ2n) is 7.31. The first kappa shape index (κ1) is 18.9. The summed E-state index contributed by atoms with van der Waals surface area (Å²) in [5.41, 5.74) is 1.36. The maximum Gasteiger partial charge on any atom is 0.573 e. The van der Waals surface area contributed by atoms with Gasteiger partial charge in [0.2, 0.25) is 0 Å². The first-order valence-corrected chi connectivity index (χ1v) is 8.32. The van der Waals surface area contributed by atoms with E-state index in [0.29, 0.717) is 11.6 Å². The molecule has 6 nitrogen and oxygen atoms in total. The molecule has 2 aromatic heterocycles. The molecule has 1 aromatic carbocycles. The molecule has 0 amide bonds. The monoisotopic (exact) mass is 379 g/mol. The Kier molecular flexibility index (Phi) is 4.71. The van der Waals surface area contributed by atoms with Gasteiger partial charge in [0.05, 0.1) is 6.04 Å². The van der Waals surface area contributed by atoms with Crippen LogP contribution in [0.25, 0.3) is 5.78 Å². The first-order chi connectivity index (χ1) is 12.5. The van der Waals surface area contributed by atoms with Gasteiger partial charge in [-0.3, -0.25) is 0 Å². The number of aryl methyl sites for hydroxylation is 1. The first-order valence-electron chi connectivity index (χ1n) is 8.32. The van der Waals surface area contributed by atoms with E-state index in [0.717, 1.165) is 11.3 Å². The van der Waals surface area contributed by atoms with Gasteiger partial charge in [-0.2, -0.15) is 14.6 Å². The van der Waals surface area contributed by atoms with Gasteiger partial charge in [0.25, 0.3) is 5.78 Å². The standard InChI is InChI=1S/C18H20F3N5O/c1-11-9-14(26-16(24-11)22-10-23-26)25-15(17(2,3)4)12-5-7-13(8-6-12)27-18(19,20)21/h5-10,15,25H,1-4H3/t15-/m0/s1. The zero-order valence-corrected chi connectivity index (χ0v) is 15.4. The van der Waals surface area contributed by atoms with E-state index in [1.807, 2.05) is 33.8 Å². The molecule has 1 N–H and O–H groups in total. The molecule has 2 heterocycles. The van der Waals surface area contributed by atoms with Crippen molar-refractivity contribution in [1.29, 1.82) is 0 Å². The minimum Gasteiger partial charge on any atom is -0.406 e. The number of ether oxygens (including phenoxy) is 1. The van der Waals surface area contributed by atoms with Crippen molar-refractivity contribution in [1.82, 2.24) is 19.6 Å². The van der Waals surface area contributed by atoms with E-state index in [2.05, 4.69) is 25.1 Å². The third-order valence-electron chi connectivity index (χ3n) is 3.99. The summed E-state index contributed by atoms with van der Waals surface area (Å²) in [4.78, 5) is 8.42. The topological polar surface area (TPSA) is 64.3 Å². The van der Waals surface area contributed by atoms with Crippen LogP contribution in [0.1, 0.15) is 38.1 Å². The molecule has 144 valence electrons. The molecule has 0 spiro atoms. The average Bonchev–Trinajstić information content (AvgIpc) is 2.99. The molecule has 0 aliphatic rings. The van der Waals surface area contributed by atoms with Gasteiger partial charge < -0.3 is 10.1 Å². The van der Waals surface area contributed by atoms with Crippen molar-refractivity contribution < 1.29 is 17.9 Å². The fourth-order valence-electron chi connectivity index (χ4n) is 2.84. The van der Waals surface area contributed by atoms with Gasteiger partial charge in [0.1, 0.15) is 17.9 Å². The number of aromatic nitrogens is 4. The summed E-state index contributed by atoms with van der Waals surface area (Å²) in [5, 5.41) is 7.61. The van der Waals surface area contributed by atoms with Crippen LogP contribution in [0, 0.1) is 12.3 Å². The van der Waals surface area contributed by atoms with Crippen LogP contribution in [-0.4, -0.2) is 25.9 Å². The Hall–Kier alpha value is -2.84. The minimum absolute atomic E-state index is 0.202. The number of hydrogen-bond donors (Lipinski definition) is 1. The number of nitrogens with one attached hydrogen (secondary N) is 1. The zero-order valence-electron chi connectivity index (χ0n) is 15.4. The van der Waals surface area contributed by atoms with Crippen molar-refractivity contribution in [3.8, 4) is 5.75 Å². The predicted molar refractivity (Wildman–Crippen MR) is 94.5 cm³/mol. The van der Waals surface area contributed by atoms with Crippen molar-refractivity contribution in [3.63, 3.8) is 0 Å². The lowest BCUT2D eigenvalue weighted by atomic mass is 9.82. The molecule has 3 rings (SSSR count). The summed E-state index contributed by atoms with van der Waals surface area (Å²) in [6.45, 7) is 7.97. The van der Waals surface area contributed by atoms with Gasteiger partial charge >= 0.3 is 6.36 Å². The van der Waals surface area contributed by atoms with Crippen LogP contribution in [0.15, 0.2) is 36.7 Å². The number of anilines is 1. The third-order valence-corrected chi connectivity index (χ3v) is 3.99. The van der Waals surface area contributed by atoms with E-state index >= 15 is 0 Å². The molecule has 3 aromatic rings. The predicted octanol–water partition coefficient (Wildman–Crippen LogP) is 4.53. The Morgan fingerprint density at radius 1 is 1.11 bits per heavy atom. The lowest BCUT2D eigenvalue weighted by Crippen LogP contribution is -2.27. The lowest BCUT2D eigenvalue weighted by molar-refractivity contribution is -0.274. The van der Waals surface area contributed by atoms with E-state index in [1.54, 1.807) is 16.6 Å². The Bertz CT molecular complexity index is 929. The molecule has 0 unspecified atom stereocenters. The van der Waals surface area contributed by atoms with Gasteiger partial charge in [-0.05, 0) is 30.0 Å². The number of rotatable bonds is 4. The maximum absolute atomic E-state index is 12.4. The number of halogens is 3. The summed E-state index contributed by atoms with van der Waals surface area (Å²) in [5.74, 6) is 0.918. The van der Waals surface area contributed by atoms with Crippen LogP contribution in [0.4, 0.5) is 19.0 Å². The fourth-order valence-corrected chi connectivity index (χ4v) is 2.84. The Morgan fingerprint density at radius 3 is 2.37 bits per heavy atom. The van der Waals surface area contributed by atoms with Gasteiger partial charge in [-0.25, -0.2) is 4.98 Å². The van der Waals surface area contributed by atoms with E-state index in [4.69, 9.17) is 0 Å². The fraction of sp³-hybridized carbons (Fsp3) is 0.389. The Balaban J connectivity index is 1.94. The van der Waals surface area contributed by atoms with Gasteiger partial charge in [-0.1, -0.05) is 32.9 Å². The second-order valence-corrected chi connectivity index (χ2v) is 7.31. The number of alkyl halides is 3. The largest absolute Gasteiger partial charge is 0.573 e. The smallest absolute Gasteiger partial charge is 0.406 e. The van der Waals surface area contributed by atoms with Crippen molar-refractivity contribution in [2.24, 2.45) is 5.41 Å². The zero-order chi connectivity index (χ0) is 19.8. The molecule has 9 heteroatoms. The highest BCUT2D eigenvalue weighted by Crippen LogP contribution is 2.37. The van der Waals surface area contributed by atoms with Crippen molar-refractivity contribution in [2.75, 3.05) is 5.32 Å². The van der Waals surface area contributed by atoms with Crippen LogP contribution < -0.4 is 10.1 Å². The normalized spacial score (nSPS) is 13.6. The highest BCUT2D eigenvalue weighted by molar-refractivity contribution is 5.47. The van der Waals surface area contributed by atoms with Crippen molar-refractivity contribution in [3.05, 3.63) is 47.9 Å². The lowest BCUT2D eigenvalue weighted by Gasteiger charge is -2.33. The highest BCUT2D eigenvalue weighted by atomic mass is 19.4. The molecule has 0 bridgehead atoms. The Morgan fingerprint density at radius 2 is 1.78 bits per heavy atom. The van der Waals surface area contributed by atoms with Crippen LogP contribution in [0.2, 0.25) is 0 Å². The van der Waals surface area contributed by atoms with E-state index < -0.39 is 6.36 Å². The van der Waals surface area contributed by atoms with Crippen LogP contribution in [0.5, 0.6) is 5.75 Å². The molecule has 27 heavy (non-hydrogen) atoms. The average molecular weight is 379 g/mol. The molecular formula is C18H20F3N5O. The van der Waals surface area contributed by atoms with Gasteiger partial charge in [0.15, 0.2) is 0 Å². The summed E-state index contributed by atoms with van der Waals surface area (Å²) in [7, 11) is 0. The summed E-state index contributed by atoms with van der Waals surface area (Å²) in [6.07, 6.45) is -3.29. The molecule has 0 aliphatic heterocycles. The summed E-state index contributed by atoms with van der Waals surface area (Å²) in [6, 6.07) is 7.51. The molecular weight excluding hydrogens is 359 g/mol. The van der Waals surface area contributed by atoms with Crippen LogP contribution in [-0.2, 0) is 0 Å². The quantitative estimate of drug-likeness (QED) is 0.722. The van der Waals surface area contributed by atoms with Crippen molar-refractivity contribution in [2.45, 2.75) is 40.1 Å². The molecule has 0 saturated heterocycles. The molecule has 0 fully saturated rings. The molecule has 1 atom stereocenters. The number of fused-ring (bicyclic) bond motifs is 1.